The van der Waals surface area contributed by atoms with E-state index >= 15 is 0 Å². The molecule has 1 aromatic rings. The summed E-state index contributed by atoms with van der Waals surface area (Å²) in [6.07, 6.45) is 2.48. The number of benzene rings is 1. The Labute approximate surface area is 107 Å². The topological polar surface area (TPSA) is 79.9 Å². The highest BCUT2D eigenvalue weighted by molar-refractivity contribution is 5.98. The van der Waals surface area contributed by atoms with Crippen LogP contribution in [0.3, 0.4) is 0 Å². The lowest BCUT2D eigenvalue weighted by molar-refractivity contribution is 0.0170. The molecule has 0 aromatic heterocycles. The lowest BCUT2D eigenvalue weighted by atomic mass is 9.89. The molecule has 0 unspecified atom stereocenters. The highest BCUT2D eigenvalue weighted by atomic mass is 16.5. The number of amidine groups is 1. The average Bonchev–Trinajstić information content (AvgIpc) is 2.37. The number of nitrogens with two attached hydrogens (primary N) is 1. The largest absolute Gasteiger partial charge is 0.409 e. The molecule has 0 bridgehead atoms. The fourth-order valence-electron chi connectivity index (χ4n) is 2.16. The Bertz CT molecular complexity index is 428. The molecule has 5 heteroatoms. The average molecular weight is 249 g/mol. The van der Waals surface area contributed by atoms with Crippen LogP contribution in [0.5, 0.6) is 0 Å². The number of oxime groups is 1. The Morgan fingerprint density at radius 3 is 2.89 bits per heavy atom. The molecule has 1 saturated carbocycles. The highest BCUT2D eigenvalue weighted by Crippen LogP contribution is 2.23. The van der Waals surface area contributed by atoms with E-state index in [-0.39, 0.29) is 5.84 Å². The molecule has 1 aromatic carbocycles. The van der Waals surface area contributed by atoms with Crippen LogP contribution in [0.4, 0.5) is 0 Å². The van der Waals surface area contributed by atoms with Gasteiger partial charge in [0, 0.05) is 25.3 Å². The second kappa shape index (κ2) is 5.84. The lowest BCUT2D eigenvalue weighted by Crippen LogP contribution is -2.44. The molecular weight excluding hydrogens is 230 g/mol. The van der Waals surface area contributed by atoms with Gasteiger partial charge in [-0.05, 0) is 18.4 Å². The van der Waals surface area contributed by atoms with Crippen molar-refractivity contribution in [1.29, 1.82) is 0 Å². The van der Waals surface area contributed by atoms with Gasteiger partial charge >= 0.3 is 0 Å². The van der Waals surface area contributed by atoms with E-state index in [0.29, 0.717) is 18.7 Å². The maximum Gasteiger partial charge on any atom is 0.170 e. The van der Waals surface area contributed by atoms with Gasteiger partial charge in [0.05, 0.1) is 6.10 Å². The normalized spacial score (nSPS) is 23.7. The Balaban J connectivity index is 1.93. The van der Waals surface area contributed by atoms with Crippen molar-refractivity contribution in [3.63, 3.8) is 0 Å². The molecule has 0 aliphatic heterocycles. The zero-order valence-electron chi connectivity index (χ0n) is 10.5. The summed E-state index contributed by atoms with van der Waals surface area (Å²) >= 11 is 0. The molecule has 0 radical (unpaired) electrons. The van der Waals surface area contributed by atoms with Crippen molar-refractivity contribution in [2.24, 2.45) is 10.9 Å². The molecule has 5 nitrogen and oxygen atoms in total. The Hall–Kier alpha value is -1.59. The zero-order chi connectivity index (χ0) is 13.0. The smallest absolute Gasteiger partial charge is 0.170 e. The maximum atomic E-state index is 8.74. The van der Waals surface area contributed by atoms with Gasteiger partial charge in [0.25, 0.3) is 0 Å². The van der Waals surface area contributed by atoms with Crippen LogP contribution < -0.4 is 11.1 Å². The zero-order valence-corrected chi connectivity index (χ0v) is 10.5. The van der Waals surface area contributed by atoms with E-state index in [1.165, 1.54) is 0 Å². The van der Waals surface area contributed by atoms with Crippen LogP contribution >= 0.6 is 0 Å². The summed E-state index contributed by atoms with van der Waals surface area (Å²) in [5, 5.41) is 15.2. The van der Waals surface area contributed by atoms with Crippen LogP contribution in [0.15, 0.2) is 29.4 Å². The Kier molecular flexibility index (Phi) is 4.17. The molecule has 2 rings (SSSR count). The molecule has 0 amide bonds. The highest BCUT2D eigenvalue weighted by Gasteiger charge is 2.28. The number of hydrogen-bond acceptors (Lipinski definition) is 4. The van der Waals surface area contributed by atoms with Crippen LogP contribution in [0, 0.1) is 0 Å². The number of rotatable bonds is 5. The van der Waals surface area contributed by atoms with Crippen molar-refractivity contribution in [3.8, 4) is 0 Å². The molecular formula is C13H19N3O2. The van der Waals surface area contributed by atoms with Crippen molar-refractivity contribution in [2.45, 2.75) is 31.5 Å². The summed E-state index contributed by atoms with van der Waals surface area (Å²) in [4.78, 5) is 0. The number of hydrogen-bond donors (Lipinski definition) is 3. The third-order valence-corrected chi connectivity index (χ3v) is 3.41. The van der Waals surface area contributed by atoms with E-state index in [1.807, 2.05) is 24.3 Å². The van der Waals surface area contributed by atoms with Gasteiger partial charge in [-0.25, -0.2) is 0 Å². The molecule has 18 heavy (non-hydrogen) atoms. The number of nitrogens with one attached hydrogen (secondary N) is 1. The van der Waals surface area contributed by atoms with E-state index in [9.17, 15) is 0 Å². The van der Waals surface area contributed by atoms with Crippen LogP contribution in [-0.2, 0) is 11.3 Å². The summed E-state index contributed by atoms with van der Waals surface area (Å²) < 4.78 is 5.24. The number of methoxy groups -OCH3 is 1. The fraction of sp³-hybridized carbons (Fsp3) is 0.462. The molecule has 1 aliphatic carbocycles. The standard InChI is InChI=1S/C13H19N3O2/c1-18-11-6-10(7-11)15-8-9-4-2-3-5-12(9)13(14)16-17/h2-5,10-11,15,17H,6-8H2,1H3,(H2,14,16). The van der Waals surface area contributed by atoms with Gasteiger partial charge in [-0.1, -0.05) is 29.4 Å². The predicted octanol–water partition coefficient (Wildman–Crippen LogP) is 1.05. The van der Waals surface area contributed by atoms with Gasteiger partial charge in [0.2, 0.25) is 0 Å². The van der Waals surface area contributed by atoms with Gasteiger partial charge in [-0.15, -0.1) is 0 Å². The third kappa shape index (κ3) is 2.80. The minimum Gasteiger partial charge on any atom is -0.409 e. The van der Waals surface area contributed by atoms with E-state index < -0.39 is 0 Å². The molecule has 1 fully saturated rings. The van der Waals surface area contributed by atoms with Gasteiger partial charge in [-0.2, -0.15) is 0 Å². The van der Waals surface area contributed by atoms with Gasteiger partial charge < -0.3 is 21.0 Å². The summed E-state index contributed by atoms with van der Waals surface area (Å²) in [6.45, 7) is 0.716. The number of nitrogens with zero attached hydrogens (tertiary/aromatic N) is 1. The van der Waals surface area contributed by atoms with E-state index in [0.717, 1.165) is 24.0 Å². The lowest BCUT2D eigenvalue weighted by Gasteiger charge is -2.35. The first kappa shape index (κ1) is 12.9. The summed E-state index contributed by atoms with van der Waals surface area (Å²) in [5.41, 5.74) is 7.45. The van der Waals surface area contributed by atoms with Gasteiger partial charge in [0.15, 0.2) is 5.84 Å². The van der Waals surface area contributed by atoms with Crippen molar-refractivity contribution in [3.05, 3.63) is 35.4 Å². The molecule has 0 atom stereocenters. The molecule has 1 aliphatic rings. The summed E-state index contributed by atoms with van der Waals surface area (Å²) in [5.74, 6) is 0.149. The van der Waals surface area contributed by atoms with Crippen molar-refractivity contribution in [2.75, 3.05) is 7.11 Å². The second-order valence-electron chi connectivity index (χ2n) is 4.55. The molecule has 0 saturated heterocycles. The first-order chi connectivity index (χ1) is 8.74. The van der Waals surface area contributed by atoms with E-state index in [1.54, 1.807) is 7.11 Å². The first-order valence-electron chi connectivity index (χ1n) is 6.06. The molecule has 98 valence electrons. The predicted molar refractivity (Wildman–Crippen MR) is 69.6 cm³/mol. The van der Waals surface area contributed by atoms with Crippen LogP contribution in [0.1, 0.15) is 24.0 Å². The second-order valence-corrected chi connectivity index (χ2v) is 4.55. The van der Waals surface area contributed by atoms with Crippen LogP contribution in [-0.4, -0.2) is 30.3 Å². The SMILES string of the molecule is COC1CC(NCc2ccccc2/C(N)=N/O)C1. The Morgan fingerprint density at radius 1 is 1.50 bits per heavy atom. The quantitative estimate of drug-likeness (QED) is 0.315. The van der Waals surface area contributed by atoms with Crippen LogP contribution in [0.25, 0.3) is 0 Å². The van der Waals surface area contributed by atoms with Crippen LogP contribution in [0.2, 0.25) is 0 Å². The number of ether oxygens (including phenoxy) is 1. The Morgan fingerprint density at radius 2 is 2.22 bits per heavy atom. The van der Waals surface area contributed by atoms with Gasteiger partial charge in [-0.3, -0.25) is 0 Å². The maximum absolute atomic E-state index is 8.74. The van der Waals surface area contributed by atoms with E-state index in [4.69, 9.17) is 15.7 Å². The minimum atomic E-state index is 0.149. The first-order valence-corrected chi connectivity index (χ1v) is 6.06. The van der Waals surface area contributed by atoms with E-state index in [2.05, 4.69) is 10.5 Å². The summed E-state index contributed by atoms with van der Waals surface area (Å²) in [7, 11) is 1.74. The fourth-order valence-corrected chi connectivity index (χ4v) is 2.16. The molecule has 0 spiro atoms. The molecule has 0 heterocycles. The molecule has 4 N–H and O–H groups in total. The van der Waals surface area contributed by atoms with Crippen molar-refractivity contribution >= 4 is 5.84 Å². The minimum absolute atomic E-state index is 0.149. The van der Waals surface area contributed by atoms with Crippen molar-refractivity contribution < 1.29 is 9.94 Å². The third-order valence-electron chi connectivity index (χ3n) is 3.41. The van der Waals surface area contributed by atoms with Gasteiger partial charge in [0.1, 0.15) is 0 Å². The summed E-state index contributed by atoms with van der Waals surface area (Å²) in [6, 6.07) is 8.15. The monoisotopic (exact) mass is 249 g/mol. The van der Waals surface area contributed by atoms with Crippen molar-refractivity contribution in [1.82, 2.24) is 5.32 Å².